The zero-order chi connectivity index (χ0) is 22.9. The first-order valence-electron chi connectivity index (χ1n) is 11.2. The fourth-order valence-electron chi connectivity index (χ4n) is 4.58. The van der Waals surface area contributed by atoms with Crippen LogP contribution in [0.1, 0.15) is 54.5 Å². The number of rotatable bonds is 5. The average molecular weight is 454 g/mol. The molecule has 0 bridgehead atoms. The zero-order valence-corrected chi connectivity index (χ0v) is 19.8. The van der Waals surface area contributed by atoms with Gasteiger partial charge in [-0.2, -0.15) is 0 Å². The first-order valence-corrected chi connectivity index (χ1v) is 11.6. The minimum absolute atomic E-state index is 0.0776. The predicted molar refractivity (Wildman–Crippen MR) is 137 cm³/mol. The summed E-state index contributed by atoms with van der Waals surface area (Å²) in [6.07, 6.45) is 5.53. The second-order valence-electron chi connectivity index (χ2n) is 8.69. The summed E-state index contributed by atoms with van der Waals surface area (Å²) in [4.78, 5) is 11.3. The molecule has 6 heteroatoms. The van der Waals surface area contributed by atoms with Crippen LogP contribution in [0.15, 0.2) is 85.3 Å². The third-order valence-corrected chi connectivity index (χ3v) is 6.56. The molecule has 2 atom stereocenters. The van der Waals surface area contributed by atoms with Crippen LogP contribution in [0.4, 0.5) is 5.69 Å². The molecule has 1 aromatic carbocycles. The van der Waals surface area contributed by atoms with E-state index in [2.05, 4.69) is 94.1 Å². The minimum atomic E-state index is -0.0896. The number of aromatic nitrogens is 3. The van der Waals surface area contributed by atoms with Crippen molar-refractivity contribution in [2.24, 2.45) is 0 Å². The Balaban J connectivity index is 1.67. The molecule has 166 valence electrons. The molecule has 33 heavy (non-hydrogen) atoms. The minimum Gasteiger partial charge on any atom is -0.351 e. The number of anilines is 1. The second-order valence-corrected chi connectivity index (χ2v) is 9.08. The summed E-state index contributed by atoms with van der Waals surface area (Å²) in [7, 11) is 0. The summed E-state index contributed by atoms with van der Waals surface area (Å²) in [5.74, 6) is 0.477. The van der Waals surface area contributed by atoms with Gasteiger partial charge in [0.25, 0.3) is 0 Å². The Kier molecular flexibility index (Phi) is 5.68. The quantitative estimate of drug-likeness (QED) is 0.383. The lowest BCUT2D eigenvalue weighted by Crippen LogP contribution is -2.30. The Hall–Kier alpha value is -3.51. The molecule has 1 fully saturated rings. The Bertz CT molecular complexity index is 1250. The molecule has 4 aromatic rings. The SMILES string of the molecule is Cc1ccc([C@H]2[C@H](c3ccccn3)NC(=S)N2c2ccc(C(C)C)cc2)n1-c1cccnc1. The number of thiocarbonyl (C=S) groups is 1. The van der Waals surface area contributed by atoms with Gasteiger partial charge in [0, 0.05) is 29.5 Å². The van der Waals surface area contributed by atoms with Crippen LogP contribution in [-0.2, 0) is 0 Å². The molecule has 5 nitrogen and oxygen atoms in total. The molecule has 1 N–H and O–H groups in total. The molecular formula is C27H27N5S. The number of nitrogens with zero attached hydrogens (tertiary/aromatic N) is 4. The Morgan fingerprint density at radius 1 is 0.909 bits per heavy atom. The van der Waals surface area contributed by atoms with Crippen molar-refractivity contribution in [2.75, 3.05) is 4.90 Å². The predicted octanol–water partition coefficient (Wildman–Crippen LogP) is 5.88. The van der Waals surface area contributed by atoms with E-state index in [0.29, 0.717) is 11.0 Å². The van der Waals surface area contributed by atoms with Gasteiger partial charge in [0.1, 0.15) is 6.04 Å². The van der Waals surface area contributed by atoms with Crippen LogP contribution in [0.25, 0.3) is 5.69 Å². The van der Waals surface area contributed by atoms with Crippen molar-refractivity contribution in [3.63, 3.8) is 0 Å². The number of benzene rings is 1. The summed E-state index contributed by atoms with van der Waals surface area (Å²) in [6.45, 7) is 6.54. The van der Waals surface area contributed by atoms with Crippen molar-refractivity contribution in [3.8, 4) is 5.69 Å². The van der Waals surface area contributed by atoms with Gasteiger partial charge >= 0.3 is 0 Å². The van der Waals surface area contributed by atoms with Crippen LogP contribution >= 0.6 is 12.2 Å². The van der Waals surface area contributed by atoms with E-state index in [-0.39, 0.29) is 12.1 Å². The molecule has 0 amide bonds. The summed E-state index contributed by atoms with van der Waals surface area (Å²) < 4.78 is 2.26. The van der Waals surface area contributed by atoms with Crippen LogP contribution in [0.5, 0.6) is 0 Å². The lowest BCUT2D eigenvalue weighted by molar-refractivity contribution is 0.548. The van der Waals surface area contributed by atoms with Gasteiger partial charge in [0.15, 0.2) is 5.11 Å². The summed E-state index contributed by atoms with van der Waals surface area (Å²) in [6, 6.07) is 23.0. The molecule has 1 saturated heterocycles. The molecule has 4 heterocycles. The van der Waals surface area contributed by atoms with Gasteiger partial charge in [-0.15, -0.1) is 0 Å². The van der Waals surface area contributed by atoms with E-state index in [1.807, 2.05) is 30.6 Å². The van der Waals surface area contributed by atoms with Crippen LogP contribution in [0, 0.1) is 6.92 Å². The number of pyridine rings is 2. The molecule has 0 aliphatic carbocycles. The molecular weight excluding hydrogens is 426 g/mol. The Morgan fingerprint density at radius 2 is 1.73 bits per heavy atom. The van der Waals surface area contributed by atoms with Gasteiger partial charge in [0.05, 0.1) is 23.6 Å². The van der Waals surface area contributed by atoms with E-state index in [1.165, 1.54) is 5.56 Å². The van der Waals surface area contributed by atoms with Gasteiger partial charge in [-0.05, 0) is 79.2 Å². The lowest BCUT2D eigenvalue weighted by atomic mass is 9.99. The fraction of sp³-hybridized carbons (Fsp3) is 0.222. The van der Waals surface area contributed by atoms with E-state index in [9.17, 15) is 0 Å². The monoisotopic (exact) mass is 453 g/mol. The van der Waals surface area contributed by atoms with E-state index in [0.717, 1.165) is 28.5 Å². The molecule has 5 rings (SSSR count). The zero-order valence-electron chi connectivity index (χ0n) is 19.0. The van der Waals surface area contributed by atoms with E-state index < -0.39 is 0 Å². The normalized spacial score (nSPS) is 18.1. The first-order chi connectivity index (χ1) is 16.0. The molecule has 0 unspecified atom stereocenters. The van der Waals surface area contributed by atoms with Crippen LogP contribution in [0.3, 0.4) is 0 Å². The van der Waals surface area contributed by atoms with Crippen molar-refractivity contribution >= 4 is 23.0 Å². The van der Waals surface area contributed by atoms with Crippen LogP contribution < -0.4 is 10.2 Å². The fourth-order valence-corrected chi connectivity index (χ4v) is 4.93. The number of hydrogen-bond acceptors (Lipinski definition) is 3. The van der Waals surface area contributed by atoms with Crippen molar-refractivity contribution < 1.29 is 0 Å². The van der Waals surface area contributed by atoms with Crippen molar-refractivity contribution in [1.29, 1.82) is 0 Å². The molecule has 0 saturated carbocycles. The highest BCUT2D eigenvalue weighted by atomic mass is 32.1. The molecule has 0 radical (unpaired) electrons. The van der Waals surface area contributed by atoms with Gasteiger partial charge in [-0.1, -0.05) is 32.0 Å². The van der Waals surface area contributed by atoms with Gasteiger partial charge < -0.3 is 14.8 Å². The van der Waals surface area contributed by atoms with Gasteiger partial charge in [0.2, 0.25) is 0 Å². The topological polar surface area (TPSA) is 46.0 Å². The maximum absolute atomic E-state index is 5.89. The summed E-state index contributed by atoms with van der Waals surface area (Å²) in [5, 5.41) is 4.26. The average Bonchev–Trinajstić information content (AvgIpc) is 3.39. The Morgan fingerprint density at radius 3 is 2.39 bits per heavy atom. The maximum Gasteiger partial charge on any atom is 0.174 e. The second kappa shape index (κ2) is 8.79. The standard InChI is InChI=1S/C27H27N5S/c1-18(2)20-10-12-21(13-11-20)32-26(25(30-27(32)33)23-8-4-5-16-29-23)24-14-9-19(3)31(24)22-7-6-15-28-17-22/h4-18,25-26H,1-3H3,(H,30,33)/t25-,26-/m0/s1. The number of aryl methyl sites for hydroxylation is 1. The largest absolute Gasteiger partial charge is 0.351 e. The number of nitrogens with one attached hydrogen (secondary N) is 1. The van der Waals surface area contributed by atoms with Crippen LogP contribution in [-0.4, -0.2) is 19.6 Å². The van der Waals surface area contributed by atoms with E-state index in [4.69, 9.17) is 12.2 Å². The van der Waals surface area contributed by atoms with Crippen molar-refractivity contribution in [3.05, 3.63) is 108 Å². The van der Waals surface area contributed by atoms with E-state index in [1.54, 1.807) is 6.20 Å². The van der Waals surface area contributed by atoms with Gasteiger partial charge in [-0.25, -0.2) is 0 Å². The first kappa shape index (κ1) is 21.3. The highest BCUT2D eigenvalue weighted by Gasteiger charge is 2.42. The van der Waals surface area contributed by atoms with E-state index >= 15 is 0 Å². The van der Waals surface area contributed by atoms with Crippen LogP contribution in [0.2, 0.25) is 0 Å². The smallest absolute Gasteiger partial charge is 0.174 e. The van der Waals surface area contributed by atoms with Crippen molar-refractivity contribution in [1.82, 2.24) is 19.9 Å². The highest BCUT2D eigenvalue weighted by molar-refractivity contribution is 7.80. The number of hydrogen-bond donors (Lipinski definition) is 1. The molecule has 0 spiro atoms. The third-order valence-electron chi connectivity index (χ3n) is 6.25. The maximum atomic E-state index is 5.89. The summed E-state index contributed by atoms with van der Waals surface area (Å²) >= 11 is 5.89. The van der Waals surface area contributed by atoms with Crippen molar-refractivity contribution in [2.45, 2.75) is 38.8 Å². The molecule has 1 aliphatic rings. The third kappa shape index (κ3) is 3.91. The molecule has 3 aromatic heterocycles. The highest BCUT2D eigenvalue weighted by Crippen LogP contribution is 2.42. The summed E-state index contributed by atoms with van der Waals surface area (Å²) in [5.41, 5.74) is 6.65. The van der Waals surface area contributed by atoms with Gasteiger partial charge in [-0.3, -0.25) is 9.97 Å². The lowest BCUT2D eigenvalue weighted by Gasteiger charge is -2.29. The Labute approximate surface area is 200 Å². The molecule has 1 aliphatic heterocycles.